The fraction of sp³-hybridized carbons (Fsp3) is 0.143. The van der Waals surface area contributed by atoms with Gasteiger partial charge < -0.3 is 5.73 Å². The molecule has 0 aliphatic carbocycles. The highest BCUT2D eigenvalue weighted by Gasteiger charge is 2.06. The van der Waals surface area contributed by atoms with Gasteiger partial charge in [0.2, 0.25) is 0 Å². The summed E-state index contributed by atoms with van der Waals surface area (Å²) in [4.78, 5) is 14.7. The molecule has 0 aromatic carbocycles. The lowest BCUT2D eigenvalue weighted by molar-refractivity contribution is 0.250. The fourth-order valence-corrected chi connectivity index (χ4v) is 0.893. The summed E-state index contributed by atoms with van der Waals surface area (Å²) in [5.41, 5.74) is 5.69. The minimum Gasteiger partial charge on any atom is -0.351 e. The van der Waals surface area contributed by atoms with Crippen LogP contribution in [0.1, 0.15) is 11.5 Å². The number of nitrogens with two attached hydrogens (primary N) is 1. The third kappa shape index (κ3) is 1.14. The average molecular weight is 151 g/mol. The van der Waals surface area contributed by atoms with Crippen molar-refractivity contribution in [2.45, 2.75) is 6.92 Å². The van der Waals surface area contributed by atoms with E-state index < -0.39 is 6.03 Å². The van der Waals surface area contributed by atoms with E-state index in [-0.39, 0.29) is 0 Å². The van der Waals surface area contributed by atoms with Gasteiger partial charge in [-0.1, -0.05) is 6.58 Å². The van der Waals surface area contributed by atoms with Crippen molar-refractivity contribution >= 4 is 12.1 Å². The van der Waals surface area contributed by atoms with Crippen LogP contribution in [0, 0.1) is 6.92 Å². The summed E-state index contributed by atoms with van der Waals surface area (Å²) >= 11 is 0. The SMILES string of the molecule is C=Cc1cnc(C)n1C(N)=O. The Hall–Kier alpha value is -1.58. The lowest BCUT2D eigenvalue weighted by Gasteiger charge is -1.99. The van der Waals surface area contributed by atoms with E-state index in [1.807, 2.05) is 0 Å². The number of rotatable bonds is 1. The summed E-state index contributed by atoms with van der Waals surface area (Å²) < 4.78 is 1.30. The van der Waals surface area contributed by atoms with Crippen LogP contribution < -0.4 is 5.73 Å². The second kappa shape index (κ2) is 2.57. The summed E-state index contributed by atoms with van der Waals surface area (Å²) in [6, 6.07) is -0.532. The molecule has 0 fully saturated rings. The molecule has 0 aliphatic heterocycles. The third-order valence-electron chi connectivity index (χ3n) is 1.39. The molecular formula is C7H9N3O. The van der Waals surface area contributed by atoms with E-state index >= 15 is 0 Å². The predicted molar refractivity (Wildman–Crippen MR) is 42.0 cm³/mol. The second-order valence-corrected chi connectivity index (χ2v) is 2.11. The molecule has 0 spiro atoms. The molecule has 0 bridgehead atoms. The first-order chi connectivity index (χ1) is 5.16. The van der Waals surface area contributed by atoms with Crippen LogP contribution in [-0.2, 0) is 0 Å². The van der Waals surface area contributed by atoms with E-state index in [1.165, 1.54) is 10.6 Å². The zero-order valence-corrected chi connectivity index (χ0v) is 6.24. The van der Waals surface area contributed by atoms with Crippen LogP contribution in [0.5, 0.6) is 0 Å². The van der Waals surface area contributed by atoms with Gasteiger partial charge in [0, 0.05) is 0 Å². The van der Waals surface area contributed by atoms with Gasteiger partial charge >= 0.3 is 6.03 Å². The Balaban J connectivity index is 3.28. The van der Waals surface area contributed by atoms with Gasteiger partial charge in [-0.05, 0) is 13.0 Å². The first-order valence-corrected chi connectivity index (χ1v) is 3.13. The molecule has 1 aromatic heterocycles. The molecule has 0 aliphatic rings. The van der Waals surface area contributed by atoms with Crippen molar-refractivity contribution in [3.05, 3.63) is 24.3 Å². The van der Waals surface area contributed by atoms with E-state index in [1.54, 1.807) is 13.1 Å². The van der Waals surface area contributed by atoms with E-state index in [4.69, 9.17) is 5.73 Å². The lowest BCUT2D eigenvalue weighted by atomic mass is 10.4. The molecular weight excluding hydrogens is 142 g/mol. The zero-order valence-electron chi connectivity index (χ0n) is 6.24. The molecule has 4 heteroatoms. The maximum atomic E-state index is 10.8. The first kappa shape index (κ1) is 7.53. The van der Waals surface area contributed by atoms with Crippen molar-refractivity contribution in [3.8, 4) is 0 Å². The van der Waals surface area contributed by atoms with Crippen molar-refractivity contribution in [1.82, 2.24) is 9.55 Å². The topological polar surface area (TPSA) is 60.9 Å². The Morgan fingerprint density at radius 3 is 2.91 bits per heavy atom. The number of primary amides is 1. The number of aryl methyl sites for hydroxylation is 1. The minimum atomic E-state index is -0.532. The quantitative estimate of drug-likeness (QED) is 0.644. The van der Waals surface area contributed by atoms with Gasteiger partial charge in [0.05, 0.1) is 11.9 Å². The summed E-state index contributed by atoms with van der Waals surface area (Å²) in [5, 5.41) is 0. The molecule has 0 saturated carbocycles. The van der Waals surface area contributed by atoms with Crippen molar-refractivity contribution in [3.63, 3.8) is 0 Å². The molecule has 4 nitrogen and oxygen atoms in total. The third-order valence-corrected chi connectivity index (χ3v) is 1.39. The van der Waals surface area contributed by atoms with Gasteiger partial charge in [-0.25, -0.2) is 14.3 Å². The van der Waals surface area contributed by atoms with Gasteiger partial charge in [-0.15, -0.1) is 0 Å². The molecule has 0 radical (unpaired) electrons. The fourth-order valence-electron chi connectivity index (χ4n) is 0.893. The Bertz CT molecular complexity index is 301. The van der Waals surface area contributed by atoms with E-state index in [0.29, 0.717) is 11.5 Å². The van der Waals surface area contributed by atoms with Crippen molar-refractivity contribution < 1.29 is 4.79 Å². The van der Waals surface area contributed by atoms with Gasteiger partial charge in [-0.2, -0.15) is 0 Å². The number of imidazole rings is 1. The van der Waals surface area contributed by atoms with Crippen LogP contribution in [0.15, 0.2) is 12.8 Å². The summed E-state index contributed by atoms with van der Waals surface area (Å²) in [5.74, 6) is 0.576. The highest BCUT2D eigenvalue weighted by molar-refractivity contribution is 5.78. The summed E-state index contributed by atoms with van der Waals surface area (Å²) in [6.45, 7) is 5.22. The second-order valence-electron chi connectivity index (χ2n) is 2.11. The molecule has 58 valence electrons. The van der Waals surface area contributed by atoms with Crippen molar-refractivity contribution in [2.24, 2.45) is 5.73 Å². The van der Waals surface area contributed by atoms with E-state index in [9.17, 15) is 4.79 Å². The largest absolute Gasteiger partial charge is 0.351 e. The maximum absolute atomic E-state index is 10.8. The maximum Gasteiger partial charge on any atom is 0.324 e. The molecule has 0 unspecified atom stereocenters. The van der Waals surface area contributed by atoms with Gasteiger partial charge in [0.1, 0.15) is 5.82 Å². The van der Waals surface area contributed by atoms with Crippen LogP contribution in [0.2, 0.25) is 0 Å². The van der Waals surface area contributed by atoms with Gasteiger partial charge in [0.15, 0.2) is 0 Å². The zero-order chi connectivity index (χ0) is 8.43. The highest BCUT2D eigenvalue weighted by atomic mass is 16.2. The lowest BCUT2D eigenvalue weighted by Crippen LogP contribution is -2.21. The van der Waals surface area contributed by atoms with Crippen LogP contribution in [0.4, 0.5) is 4.79 Å². The van der Waals surface area contributed by atoms with E-state index in [2.05, 4.69) is 11.6 Å². The summed E-state index contributed by atoms with van der Waals surface area (Å²) in [6.07, 6.45) is 3.08. The van der Waals surface area contributed by atoms with Crippen LogP contribution in [0.25, 0.3) is 6.08 Å². The highest BCUT2D eigenvalue weighted by Crippen LogP contribution is 2.03. The molecule has 1 heterocycles. The molecule has 1 rings (SSSR count). The standard InChI is InChI=1S/C7H9N3O/c1-3-6-4-9-5(2)10(6)7(8)11/h3-4H,1H2,2H3,(H2,8,11). The number of amides is 1. The Morgan fingerprint density at radius 1 is 1.91 bits per heavy atom. The average Bonchev–Trinajstić information content (AvgIpc) is 2.30. The minimum absolute atomic E-state index is 0.532. The Kier molecular flexibility index (Phi) is 1.76. The number of nitrogens with zero attached hydrogens (tertiary/aromatic N) is 2. The smallest absolute Gasteiger partial charge is 0.324 e. The van der Waals surface area contributed by atoms with E-state index in [0.717, 1.165) is 0 Å². The monoisotopic (exact) mass is 151 g/mol. The summed E-state index contributed by atoms with van der Waals surface area (Å²) in [7, 11) is 0. The van der Waals surface area contributed by atoms with Crippen molar-refractivity contribution in [1.29, 1.82) is 0 Å². The number of hydrogen-bond donors (Lipinski definition) is 1. The Labute approximate surface area is 64.3 Å². The molecule has 11 heavy (non-hydrogen) atoms. The normalized spacial score (nSPS) is 9.55. The van der Waals surface area contributed by atoms with Crippen LogP contribution in [0.3, 0.4) is 0 Å². The molecule has 1 amide bonds. The van der Waals surface area contributed by atoms with Crippen molar-refractivity contribution in [2.75, 3.05) is 0 Å². The molecule has 1 aromatic rings. The number of carbonyl (C=O) groups is 1. The van der Waals surface area contributed by atoms with Gasteiger partial charge in [-0.3, -0.25) is 0 Å². The first-order valence-electron chi connectivity index (χ1n) is 3.13. The van der Waals surface area contributed by atoms with Crippen LogP contribution >= 0.6 is 0 Å². The predicted octanol–water partition coefficient (Wildman–Crippen LogP) is 0.761. The Morgan fingerprint density at radius 2 is 2.55 bits per heavy atom. The molecule has 2 N–H and O–H groups in total. The molecule has 0 atom stereocenters. The molecule has 0 saturated heterocycles. The van der Waals surface area contributed by atoms with Gasteiger partial charge in [0.25, 0.3) is 0 Å². The number of carbonyl (C=O) groups excluding carboxylic acids is 1. The van der Waals surface area contributed by atoms with Crippen LogP contribution in [-0.4, -0.2) is 15.6 Å². The number of hydrogen-bond acceptors (Lipinski definition) is 2. The number of aromatic nitrogens is 2.